The Labute approximate surface area is 203 Å². The van der Waals surface area contributed by atoms with Crippen LogP contribution >= 0.6 is 7.26 Å². The summed E-state index contributed by atoms with van der Waals surface area (Å²) < 4.78 is 39.7. The Balaban J connectivity index is 0.00000324. The fourth-order valence-electron chi connectivity index (χ4n) is 4.32. The van der Waals surface area contributed by atoms with Gasteiger partial charge in [-0.05, 0) is 48.5 Å². The lowest BCUT2D eigenvalue weighted by Gasteiger charge is -2.33. The second-order valence-electron chi connectivity index (χ2n) is 7.65. The molecule has 0 saturated heterocycles. The van der Waals surface area contributed by atoms with E-state index in [2.05, 4.69) is 0 Å². The molecular weight excluding hydrogens is 478 g/mol. The molecule has 4 rings (SSSR count). The molecule has 34 heavy (non-hydrogen) atoms. The maximum atomic E-state index is 13.2. The summed E-state index contributed by atoms with van der Waals surface area (Å²) >= 11 is 0. The minimum atomic E-state index is -4.47. The lowest BCUT2D eigenvalue weighted by Crippen LogP contribution is -3.00. The molecule has 0 aliphatic carbocycles. The van der Waals surface area contributed by atoms with Gasteiger partial charge in [0, 0.05) is 5.56 Å². The Hall–Kier alpha value is -3.14. The van der Waals surface area contributed by atoms with E-state index in [0.29, 0.717) is 5.56 Å². The Bertz CT molecular complexity index is 1120. The molecule has 7 heteroatoms. The lowest BCUT2D eigenvalue weighted by atomic mass is 10.1. The van der Waals surface area contributed by atoms with Crippen molar-refractivity contribution < 1.29 is 30.4 Å². The molecule has 2 N–H and O–H groups in total. The van der Waals surface area contributed by atoms with Crippen LogP contribution < -0.4 is 34.1 Å². The van der Waals surface area contributed by atoms with Crippen molar-refractivity contribution in [2.24, 2.45) is 5.73 Å². The maximum absolute atomic E-state index is 13.2. The van der Waals surface area contributed by atoms with Gasteiger partial charge in [-0.3, -0.25) is 4.79 Å². The summed E-state index contributed by atoms with van der Waals surface area (Å²) in [4.78, 5) is 13.2. The van der Waals surface area contributed by atoms with Crippen molar-refractivity contribution in [3.8, 4) is 0 Å². The fraction of sp³-hybridized carbons (Fsp3) is 0.0741. The Kier molecular flexibility index (Phi) is 7.81. The van der Waals surface area contributed by atoms with Crippen LogP contribution in [0.5, 0.6) is 0 Å². The number of primary amides is 1. The van der Waals surface area contributed by atoms with E-state index in [4.69, 9.17) is 5.73 Å². The second kappa shape index (κ2) is 10.4. The SMILES string of the molecule is NC(=O)C(c1ccc(C(F)(F)F)cc1)[P+](c1ccccc1)(c1ccccc1)c1ccccc1.[Cl-]. The molecule has 0 aliphatic rings. The van der Waals surface area contributed by atoms with Gasteiger partial charge in [0.25, 0.3) is 5.91 Å². The zero-order chi connectivity index (χ0) is 23.5. The number of benzene rings is 4. The van der Waals surface area contributed by atoms with Gasteiger partial charge in [-0.2, -0.15) is 13.2 Å². The number of rotatable bonds is 6. The lowest BCUT2D eigenvalue weighted by molar-refractivity contribution is -0.137. The molecule has 1 amide bonds. The molecule has 4 aromatic rings. The molecule has 0 saturated carbocycles. The van der Waals surface area contributed by atoms with Gasteiger partial charge in [-0.25, -0.2) is 0 Å². The quantitative estimate of drug-likeness (QED) is 0.406. The number of nitrogens with two attached hydrogens (primary N) is 1. The molecule has 0 radical (unpaired) electrons. The number of amides is 1. The first-order chi connectivity index (χ1) is 15.8. The third kappa shape index (κ3) is 4.72. The normalized spacial score (nSPS) is 12.4. The van der Waals surface area contributed by atoms with Crippen LogP contribution in [0.15, 0.2) is 115 Å². The first kappa shape index (κ1) is 25.5. The first-order valence-corrected chi connectivity index (χ1v) is 12.2. The van der Waals surface area contributed by atoms with Crippen molar-refractivity contribution in [1.82, 2.24) is 0 Å². The number of hydrogen-bond acceptors (Lipinski definition) is 1. The third-order valence-corrected chi connectivity index (χ3v) is 10.4. The average Bonchev–Trinajstić information content (AvgIpc) is 2.83. The van der Waals surface area contributed by atoms with Crippen LogP contribution in [0.1, 0.15) is 16.8 Å². The topological polar surface area (TPSA) is 43.1 Å². The average molecular weight is 500 g/mol. The van der Waals surface area contributed by atoms with Crippen molar-refractivity contribution in [3.05, 3.63) is 126 Å². The van der Waals surface area contributed by atoms with Crippen LogP contribution in [0.25, 0.3) is 0 Å². The highest BCUT2D eigenvalue weighted by Crippen LogP contribution is 2.66. The molecule has 0 spiro atoms. The maximum Gasteiger partial charge on any atom is 0.416 e. The molecule has 1 atom stereocenters. The van der Waals surface area contributed by atoms with Crippen molar-refractivity contribution in [2.75, 3.05) is 0 Å². The Morgan fingerprint density at radius 2 is 1.00 bits per heavy atom. The van der Waals surface area contributed by atoms with Crippen LogP contribution in [0.2, 0.25) is 0 Å². The minimum absolute atomic E-state index is 0. The molecule has 0 aliphatic heterocycles. The molecule has 1 unspecified atom stereocenters. The Morgan fingerprint density at radius 3 is 1.29 bits per heavy atom. The van der Waals surface area contributed by atoms with E-state index < -0.39 is 30.6 Å². The predicted molar refractivity (Wildman–Crippen MR) is 129 cm³/mol. The zero-order valence-electron chi connectivity index (χ0n) is 18.0. The molecule has 0 fully saturated rings. The van der Waals surface area contributed by atoms with E-state index in [1.54, 1.807) is 0 Å². The number of carbonyl (C=O) groups is 1. The van der Waals surface area contributed by atoms with Crippen molar-refractivity contribution >= 4 is 29.1 Å². The van der Waals surface area contributed by atoms with Crippen LogP contribution in [0.3, 0.4) is 0 Å². The highest BCUT2D eigenvalue weighted by Gasteiger charge is 2.55. The van der Waals surface area contributed by atoms with Crippen molar-refractivity contribution in [1.29, 1.82) is 0 Å². The molecular formula is C27H22ClF3NOP. The summed E-state index contributed by atoms with van der Waals surface area (Å²) in [5.74, 6) is -0.584. The van der Waals surface area contributed by atoms with E-state index in [0.717, 1.165) is 28.0 Å². The van der Waals surface area contributed by atoms with E-state index in [1.807, 2.05) is 91.0 Å². The standard InChI is InChI=1S/C27H21F3NOP.ClH/c28-27(29,30)21-18-16-20(17-19-21)25(26(31)32)33(22-10-4-1-5-11-22,23-12-6-2-7-13-23)24-14-8-3-9-15-24;/h1-19,25H,(H-,31,32);1H. The molecule has 4 aromatic carbocycles. The predicted octanol–water partition coefficient (Wildman–Crippen LogP) is 2.23. The summed E-state index contributed by atoms with van der Waals surface area (Å²) in [7, 11) is -2.75. The highest BCUT2D eigenvalue weighted by molar-refractivity contribution is 7.96. The molecule has 174 valence electrons. The highest BCUT2D eigenvalue weighted by atomic mass is 35.5. The summed E-state index contributed by atoms with van der Waals surface area (Å²) in [6.45, 7) is 0. The molecule has 0 aromatic heterocycles. The number of halogens is 4. The molecule has 0 bridgehead atoms. The van der Waals surface area contributed by atoms with E-state index >= 15 is 0 Å². The van der Waals surface area contributed by atoms with Gasteiger partial charge in [0.05, 0.1) is 5.56 Å². The second-order valence-corrected chi connectivity index (χ2v) is 11.2. The van der Waals surface area contributed by atoms with Gasteiger partial charge in [-0.1, -0.05) is 66.7 Å². The number of carbonyl (C=O) groups excluding carboxylic acids is 1. The number of alkyl halides is 3. The van der Waals surface area contributed by atoms with Gasteiger partial charge in [0.1, 0.15) is 23.2 Å². The van der Waals surface area contributed by atoms with Crippen LogP contribution in [0.4, 0.5) is 13.2 Å². The Morgan fingerprint density at radius 1 is 0.647 bits per heavy atom. The van der Waals surface area contributed by atoms with Gasteiger partial charge in [-0.15, -0.1) is 0 Å². The summed E-state index contributed by atoms with van der Waals surface area (Å²) in [6, 6.07) is 33.7. The van der Waals surface area contributed by atoms with Crippen molar-refractivity contribution in [2.45, 2.75) is 11.8 Å². The van der Waals surface area contributed by atoms with Gasteiger partial charge < -0.3 is 18.1 Å². The van der Waals surface area contributed by atoms with Crippen LogP contribution in [-0.2, 0) is 11.0 Å². The van der Waals surface area contributed by atoms with E-state index in [-0.39, 0.29) is 12.4 Å². The largest absolute Gasteiger partial charge is 1.00 e. The summed E-state index contributed by atoms with van der Waals surface area (Å²) in [6.07, 6.45) is -4.47. The minimum Gasteiger partial charge on any atom is -1.00 e. The van der Waals surface area contributed by atoms with Gasteiger partial charge in [0.2, 0.25) is 0 Å². The zero-order valence-corrected chi connectivity index (χ0v) is 19.6. The first-order valence-electron chi connectivity index (χ1n) is 10.4. The van der Waals surface area contributed by atoms with E-state index in [9.17, 15) is 18.0 Å². The monoisotopic (exact) mass is 499 g/mol. The smallest absolute Gasteiger partial charge is 0.416 e. The number of hydrogen-bond donors (Lipinski definition) is 1. The van der Waals surface area contributed by atoms with Crippen molar-refractivity contribution in [3.63, 3.8) is 0 Å². The third-order valence-electron chi connectivity index (χ3n) is 5.70. The van der Waals surface area contributed by atoms with E-state index in [1.165, 1.54) is 12.1 Å². The summed E-state index contributed by atoms with van der Waals surface area (Å²) in [5, 5.41) is 2.77. The molecule has 2 nitrogen and oxygen atoms in total. The fourth-order valence-corrected chi connectivity index (χ4v) is 9.03. The summed E-state index contributed by atoms with van der Waals surface area (Å²) in [5.41, 5.74) is 4.90. The van der Waals surface area contributed by atoms with Crippen LogP contribution in [0, 0.1) is 0 Å². The van der Waals surface area contributed by atoms with Gasteiger partial charge in [0.15, 0.2) is 5.66 Å². The molecule has 0 heterocycles. The van der Waals surface area contributed by atoms with Gasteiger partial charge >= 0.3 is 6.18 Å². The van der Waals surface area contributed by atoms with Crippen LogP contribution in [-0.4, -0.2) is 5.91 Å².